The number of unbranched alkanes of at least 4 members (excludes halogenated alkanes) is 40. The maximum Gasteiger partial charge on any atom is 0.305 e. The molecule has 0 aliphatic heterocycles. The van der Waals surface area contributed by atoms with Crippen molar-refractivity contribution in [3.05, 3.63) is 0 Å². The molecule has 0 aliphatic rings. The number of carbonyl (C=O) groups excluding carboxylic acids is 2. The molecule has 0 aromatic carbocycles. The fourth-order valence-corrected chi connectivity index (χ4v) is 15.8. The first-order chi connectivity index (χ1) is 52.0. The van der Waals surface area contributed by atoms with Crippen molar-refractivity contribution in [1.29, 1.82) is 10.8 Å². The van der Waals surface area contributed by atoms with E-state index in [-0.39, 0.29) is 11.9 Å². The summed E-state index contributed by atoms with van der Waals surface area (Å²) < 4.78 is 24.5. The molecular formula is C95H189N5O6. The van der Waals surface area contributed by atoms with Crippen molar-refractivity contribution >= 4 is 23.7 Å². The van der Waals surface area contributed by atoms with E-state index in [0.29, 0.717) is 61.5 Å². The second-order valence-corrected chi connectivity index (χ2v) is 33.9. The summed E-state index contributed by atoms with van der Waals surface area (Å²) in [4.78, 5) is 34.3. The van der Waals surface area contributed by atoms with Gasteiger partial charge in [-0.1, -0.05) is 338 Å². The molecule has 11 heteroatoms. The molecule has 106 heavy (non-hydrogen) atoms. The Labute approximate surface area is 662 Å². The van der Waals surface area contributed by atoms with Crippen molar-refractivity contribution in [1.82, 2.24) is 14.7 Å². The van der Waals surface area contributed by atoms with Gasteiger partial charge in [0.1, 0.15) is 0 Å². The molecule has 0 aromatic heterocycles. The quantitative estimate of drug-likeness (QED) is 0.0265. The molecule has 0 heterocycles. The molecular weight excluding hydrogens is 1310 g/mol. The van der Waals surface area contributed by atoms with Crippen LogP contribution in [0.1, 0.15) is 479 Å². The van der Waals surface area contributed by atoms with Crippen LogP contribution in [0.2, 0.25) is 0 Å². The average Bonchev–Trinajstić information content (AvgIpc) is 1.22. The van der Waals surface area contributed by atoms with Gasteiger partial charge in [0.05, 0.1) is 26.4 Å². The lowest BCUT2D eigenvalue weighted by atomic mass is 9.95. The SMILES string of the molecule is CCCCCCCCC(CCCCCC)COC(=N)CCCCCN(CCCCCC(=O)OCC(CCCCCC)CCCCCCCC)CCCN(C)CCCN(CCCCCC(=N)OCC(CCCCCC)CCCCCCCC)CCCCCC(=O)OCC(CCCCCC)CCCCCCCC. The van der Waals surface area contributed by atoms with Crippen LogP contribution in [0.5, 0.6) is 0 Å². The van der Waals surface area contributed by atoms with Gasteiger partial charge in [0.25, 0.3) is 0 Å². The summed E-state index contributed by atoms with van der Waals surface area (Å²) in [5.74, 6) is 3.15. The van der Waals surface area contributed by atoms with Crippen LogP contribution in [0.4, 0.5) is 0 Å². The number of rotatable bonds is 88. The normalized spacial score (nSPS) is 12.9. The Bertz CT molecular complexity index is 1580. The predicted octanol–water partition coefficient (Wildman–Crippen LogP) is 29.0. The van der Waals surface area contributed by atoms with Gasteiger partial charge in [-0.15, -0.1) is 0 Å². The van der Waals surface area contributed by atoms with E-state index in [4.69, 9.17) is 29.8 Å². The summed E-state index contributed by atoms with van der Waals surface area (Å²) in [6.45, 7) is 29.6. The van der Waals surface area contributed by atoms with Gasteiger partial charge < -0.3 is 33.6 Å². The van der Waals surface area contributed by atoms with E-state index in [9.17, 15) is 9.59 Å². The monoisotopic (exact) mass is 1500 g/mol. The molecule has 0 rings (SSSR count). The van der Waals surface area contributed by atoms with Gasteiger partial charge in [0.2, 0.25) is 0 Å². The van der Waals surface area contributed by atoms with Crippen LogP contribution in [0.3, 0.4) is 0 Å². The molecule has 4 atom stereocenters. The van der Waals surface area contributed by atoms with E-state index >= 15 is 0 Å². The van der Waals surface area contributed by atoms with E-state index in [1.165, 1.54) is 308 Å². The van der Waals surface area contributed by atoms with E-state index in [1.807, 2.05) is 0 Å². The number of hydrogen-bond acceptors (Lipinski definition) is 11. The smallest absolute Gasteiger partial charge is 0.305 e. The van der Waals surface area contributed by atoms with E-state index in [0.717, 1.165) is 168 Å². The van der Waals surface area contributed by atoms with Crippen LogP contribution in [0.25, 0.3) is 0 Å². The lowest BCUT2D eigenvalue weighted by molar-refractivity contribution is -0.146. The van der Waals surface area contributed by atoms with Gasteiger partial charge in [-0.25, -0.2) is 0 Å². The van der Waals surface area contributed by atoms with Crippen molar-refractivity contribution in [3.8, 4) is 0 Å². The van der Waals surface area contributed by atoms with Gasteiger partial charge in [0.15, 0.2) is 11.8 Å². The molecule has 0 saturated carbocycles. The molecule has 0 bridgehead atoms. The lowest BCUT2D eigenvalue weighted by Gasteiger charge is -2.26. The fourth-order valence-electron chi connectivity index (χ4n) is 15.8. The highest BCUT2D eigenvalue weighted by Crippen LogP contribution is 2.25. The van der Waals surface area contributed by atoms with E-state index < -0.39 is 0 Å². The molecule has 0 radical (unpaired) electrons. The third kappa shape index (κ3) is 74.5. The van der Waals surface area contributed by atoms with Crippen molar-refractivity contribution in [2.75, 3.05) is 85.8 Å². The van der Waals surface area contributed by atoms with Crippen LogP contribution < -0.4 is 0 Å². The summed E-state index contributed by atoms with van der Waals surface area (Å²) in [7, 11) is 2.32. The summed E-state index contributed by atoms with van der Waals surface area (Å²) in [5, 5.41) is 17.6. The molecule has 0 fully saturated rings. The minimum absolute atomic E-state index is 0.00245. The molecule has 0 aromatic rings. The zero-order valence-corrected chi connectivity index (χ0v) is 73.3. The molecule has 0 saturated heterocycles. The topological polar surface area (TPSA) is 128 Å². The average molecular weight is 1500 g/mol. The third-order valence-electron chi connectivity index (χ3n) is 23.2. The van der Waals surface area contributed by atoms with Gasteiger partial charge in [-0.05, 0) is 199 Å². The highest BCUT2D eigenvalue weighted by molar-refractivity contribution is 5.72. The number of hydrogen-bond donors (Lipinski definition) is 2. The van der Waals surface area contributed by atoms with E-state index in [2.05, 4.69) is 77.1 Å². The number of esters is 2. The van der Waals surface area contributed by atoms with Crippen molar-refractivity contribution in [3.63, 3.8) is 0 Å². The van der Waals surface area contributed by atoms with Crippen LogP contribution in [-0.2, 0) is 28.5 Å². The van der Waals surface area contributed by atoms with Gasteiger partial charge in [-0.2, -0.15) is 0 Å². The summed E-state index contributed by atoms with van der Waals surface area (Å²) in [6, 6.07) is 0. The Morgan fingerprint density at radius 1 is 0.226 bits per heavy atom. The van der Waals surface area contributed by atoms with Gasteiger partial charge in [0, 0.05) is 25.7 Å². The van der Waals surface area contributed by atoms with Crippen molar-refractivity contribution in [2.24, 2.45) is 23.7 Å². The first-order valence-corrected chi connectivity index (χ1v) is 47.8. The maximum absolute atomic E-state index is 13.2. The standard InChI is InChI=1S/C95H189N5O6/c1-10-18-26-34-38-50-68-88(64-46-30-22-14-5)84-103-92(96)72-54-42-58-78-99(80-60-44-56-74-94(101)105-86-90(66-48-32-24-16-7)70-52-40-36-28-20-12-3)82-62-76-98(9)77-63-83-100(79-59-43-55-73-93(97)104-85-89(65-47-31-23-15-6)69-51-39-35-27-19-11-2)81-61-45-57-75-95(102)106-87-91(67-49-33-25-17-8)71-53-41-37-29-21-13-4/h88-91,96-97H,10-87H2,1-9H3. The highest BCUT2D eigenvalue weighted by Gasteiger charge is 2.18. The zero-order valence-electron chi connectivity index (χ0n) is 73.3. The highest BCUT2D eigenvalue weighted by atomic mass is 16.5. The number of nitrogens with one attached hydrogen (secondary N) is 2. The van der Waals surface area contributed by atoms with Crippen LogP contribution in [-0.4, -0.2) is 124 Å². The first kappa shape index (κ1) is 104. The Balaban J connectivity index is 5.83. The third-order valence-corrected chi connectivity index (χ3v) is 23.2. The van der Waals surface area contributed by atoms with Crippen molar-refractivity contribution in [2.45, 2.75) is 479 Å². The summed E-state index contributed by atoms with van der Waals surface area (Å²) in [5.41, 5.74) is 0. The number of nitrogens with zero attached hydrogens (tertiary/aromatic N) is 3. The fraction of sp³-hybridized carbons (Fsp3) is 0.958. The Morgan fingerprint density at radius 3 is 0.660 bits per heavy atom. The molecule has 0 aliphatic carbocycles. The van der Waals surface area contributed by atoms with Crippen LogP contribution in [0, 0.1) is 34.5 Å². The minimum atomic E-state index is 0.00245. The summed E-state index contributed by atoms with van der Waals surface area (Å²) >= 11 is 0. The Kier molecular flexibility index (Phi) is 81.9. The Hall–Kier alpha value is -2.24. The second kappa shape index (κ2) is 83.7. The van der Waals surface area contributed by atoms with E-state index in [1.54, 1.807) is 0 Å². The van der Waals surface area contributed by atoms with Crippen molar-refractivity contribution < 1.29 is 28.5 Å². The largest absolute Gasteiger partial charge is 0.481 e. The maximum atomic E-state index is 13.2. The molecule has 630 valence electrons. The zero-order chi connectivity index (χ0) is 77.3. The Morgan fingerprint density at radius 2 is 0.415 bits per heavy atom. The van der Waals surface area contributed by atoms with Crippen LogP contribution in [0.15, 0.2) is 0 Å². The molecule has 2 N–H and O–H groups in total. The summed E-state index contributed by atoms with van der Waals surface area (Å²) in [6.07, 6.45) is 79.5. The lowest BCUT2D eigenvalue weighted by Crippen LogP contribution is -2.32. The number of ether oxygens (including phenoxy) is 4. The first-order valence-electron chi connectivity index (χ1n) is 47.8. The molecule has 11 nitrogen and oxygen atoms in total. The van der Waals surface area contributed by atoms with Crippen LogP contribution >= 0.6 is 0 Å². The second-order valence-electron chi connectivity index (χ2n) is 33.9. The molecule has 0 amide bonds. The molecule has 0 spiro atoms. The minimum Gasteiger partial charge on any atom is -0.481 e. The van der Waals surface area contributed by atoms with Gasteiger partial charge in [-0.3, -0.25) is 20.4 Å². The predicted molar refractivity (Wildman–Crippen MR) is 464 cm³/mol. The number of carbonyl (C=O) groups is 2. The molecule has 4 unspecified atom stereocenters. The van der Waals surface area contributed by atoms with Gasteiger partial charge >= 0.3 is 11.9 Å².